The summed E-state index contributed by atoms with van der Waals surface area (Å²) >= 11 is 0. The number of hydrogen-bond acceptors (Lipinski definition) is 5. The molecule has 0 bridgehead atoms. The van der Waals surface area contributed by atoms with Crippen LogP contribution in [0.25, 0.3) is 0 Å². The molecule has 2 heterocycles. The number of fused-ring (bicyclic) bond motifs is 1. The average Bonchev–Trinajstić information content (AvgIpc) is 2.58. The molecule has 14 heavy (non-hydrogen) atoms. The number of aliphatic hydroxyl groups excluding tert-OH is 1. The molecule has 7 heteroatoms. The van der Waals surface area contributed by atoms with Crippen LogP contribution in [0.2, 0.25) is 0 Å². The van der Waals surface area contributed by atoms with E-state index in [1.807, 2.05) is 0 Å². The summed E-state index contributed by atoms with van der Waals surface area (Å²) in [5.41, 5.74) is 5.02. The van der Waals surface area contributed by atoms with Gasteiger partial charge in [0.15, 0.2) is 6.10 Å². The normalized spacial score (nSPS) is 30.8. The van der Waals surface area contributed by atoms with E-state index in [9.17, 15) is 14.7 Å². The molecule has 2 atom stereocenters. The molecule has 4 N–H and O–H groups in total. The Bertz CT molecular complexity index is 327. The third-order valence-corrected chi connectivity index (χ3v) is 2.27. The third-order valence-electron chi connectivity index (χ3n) is 2.27. The molecule has 2 aliphatic rings. The first-order valence-corrected chi connectivity index (χ1v) is 4.21. The van der Waals surface area contributed by atoms with Crippen molar-refractivity contribution in [2.24, 2.45) is 10.7 Å². The Kier molecular flexibility index (Phi) is 1.88. The first kappa shape index (κ1) is 8.95. The highest BCUT2D eigenvalue weighted by molar-refractivity contribution is 6.07. The summed E-state index contributed by atoms with van der Waals surface area (Å²) in [4.78, 5) is 27.6. The molecule has 76 valence electrons. The van der Waals surface area contributed by atoms with E-state index in [0.29, 0.717) is 19.0 Å². The predicted octanol–water partition coefficient (Wildman–Crippen LogP) is -3.00. The van der Waals surface area contributed by atoms with Gasteiger partial charge in [0.1, 0.15) is 6.04 Å². The average molecular weight is 198 g/mol. The van der Waals surface area contributed by atoms with Crippen molar-refractivity contribution in [3.63, 3.8) is 0 Å². The molecule has 2 amide bonds. The van der Waals surface area contributed by atoms with Crippen molar-refractivity contribution >= 4 is 17.8 Å². The SMILES string of the molecule is NC(=O)C1NC2=NCCN2C(=O)C1O. The Hall–Kier alpha value is -1.63. The molecule has 0 aromatic rings. The van der Waals surface area contributed by atoms with E-state index >= 15 is 0 Å². The number of aliphatic imine (C=N–C) groups is 1. The topological polar surface area (TPSA) is 108 Å². The van der Waals surface area contributed by atoms with Gasteiger partial charge in [-0.3, -0.25) is 19.5 Å². The van der Waals surface area contributed by atoms with E-state index in [4.69, 9.17) is 5.73 Å². The number of nitrogens with one attached hydrogen (secondary N) is 1. The Morgan fingerprint density at radius 1 is 1.71 bits per heavy atom. The number of nitrogens with zero attached hydrogens (tertiary/aromatic N) is 2. The van der Waals surface area contributed by atoms with Crippen molar-refractivity contribution < 1.29 is 14.7 Å². The number of aliphatic hydroxyl groups is 1. The number of hydrogen-bond donors (Lipinski definition) is 3. The molecule has 2 aliphatic heterocycles. The number of primary amides is 1. The zero-order valence-electron chi connectivity index (χ0n) is 7.30. The Morgan fingerprint density at radius 3 is 3.07 bits per heavy atom. The Morgan fingerprint density at radius 2 is 2.43 bits per heavy atom. The van der Waals surface area contributed by atoms with Gasteiger partial charge in [-0.05, 0) is 0 Å². The fourth-order valence-electron chi connectivity index (χ4n) is 1.53. The highest BCUT2D eigenvalue weighted by Gasteiger charge is 2.42. The van der Waals surface area contributed by atoms with Gasteiger partial charge in [0.25, 0.3) is 5.91 Å². The van der Waals surface area contributed by atoms with E-state index in [2.05, 4.69) is 10.3 Å². The van der Waals surface area contributed by atoms with Gasteiger partial charge in [-0.15, -0.1) is 0 Å². The van der Waals surface area contributed by atoms with Crippen LogP contribution in [-0.4, -0.2) is 53.0 Å². The predicted molar refractivity (Wildman–Crippen MR) is 46.1 cm³/mol. The van der Waals surface area contributed by atoms with Gasteiger partial charge >= 0.3 is 0 Å². The summed E-state index contributed by atoms with van der Waals surface area (Å²) in [5, 5.41) is 12.1. The summed E-state index contributed by atoms with van der Waals surface area (Å²) in [7, 11) is 0. The van der Waals surface area contributed by atoms with Crippen LogP contribution in [0.3, 0.4) is 0 Å². The Balaban J connectivity index is 2.26. The summed E-state index contributed by atoms with van der Waals surface area (Å²) in [6.07, 6.45) is -1.41. The smallest absolute Gasteiger partial charge is 0.260 e. The van der Waals surface area contributed by atoms with Crippen LogP contribution in [0.5, 0.6) is 0 Å². The number of carbonyl (C=O) groups is 2. The maximum atomic E-state index is 11.5. The fourth-order valence-corrected chi connectivity index (χ4v) is 1.53. The lowest BCUT2D eigenvalue weighted by molar-refractivity contribution is -0.143. The second-order valence-corrected chi connectivity index (χ2v) is 3.16. The van der Waals surface area contributed by atoms with Crippen LogP contribution >= 0.6 is 0 Å². The quantitative estimate of drug-likeness (QED) is 0.417. The van der Waals surface area contributed by atoms with Crippen LogP contribution in [0, 0.1) is 0 Å². The van der Waals surface area contributed by atoms with Crippen molar-refractivity contribution in [3.05, 3.63) is 0 Å². The van der Waals surface area contributed by atoms with E-state index in [-0.39, 0.29) is 0 Å². The first-order valence-electron chi connectivity index (χ1n) is 4.21. The van der Waals surface area contributed by atoms with Crippen LogP contribution in [0.4, 0.5) is 0 Å². The van der Waals surface area contributed by atoms with Gasteiger partial charge in [0, 0.05) is 6.54 Å². The lowest BCUT2D eigenvalue weighted by Gasteiger charge is -2.32. The molecule has 0 spiro atoms. The van der Waals surface area contributed by atoms with Crippen molar-refractivity contribution in [1.29, 1.82) is 0 Å². The van der Waals surface area contributed by atoms with Crippen molar-refractivity contribution in [2.75, 3.05) is 13.1 Å². The minimum atomic E-state index is -1.41. The molecule has 7 nitrogen and oxygen atoms in total. The molecule has 2 rings (SSSR count). The van der Waals surface area contributed by atoms with Crippen LogP contribution in [0.1, 0.15) is 0 Å². The molecular weight excluding hydrogens is 188 g/mol. The van der Waals surface area contributed by atoms with Crippen molar-refractivity contribution in [2.45, 2.75) is 12.1 Å². The second kappa shape index (κ2) is 2.95. The minimum Gasteiger partial charge on any atom is -0.381 e. The van der Waals surface area contributed by atoms with Gasteiger partial charge in [0.2, 0.25) is 11.9 Å². The largest absolute Gasteiger partial charge is 0.381 e. The minimum absolute atomic E-state index is 0.323. The third kappa shape index (κ3) is 1.13. The molecule has 1 saturated heterocycles. The molecule has 0 radical (unpaired) electrons. The van der Waals surface area contributed by atoms with Crippen molar-refractivity contribution in [3.8, 4) is 0 Å². The highest BCUT2D eigenvalue weighted by Crippen LogP contribution is 2.11. The standard InChI is InChI=1S/C7H10N4O3/c8-5(13)3-4(12)6(14)11-2-1-9-7(11)10-3/h3-4,12H,1-2H2,(H2,8,13)(H,9,10). The number of amides is 2. The lowest BCUT2D eigenvalue weighted by Crippen LogP contribution is -2.65. The van der Waals surface area contributed by atoms with Crippen molar-refractivity contribution in [1.82, 2.24) is 10.2 Å². The maximum absolute atomic E-state index is 11.5. The molecule has 0 aromatic heterocycles. The number of nitrogens with two attached hydrogens (primary N) is 1. The summed E-state index contributed by atoms with van der Waals surface area (Å²) in [5.74, 6) is -0.965. The number of guanidine groups is 1. The number of rotatable bonds is 1. The summed E-state index contributed by atoms with van der Waals surface area (Å²) in [6.45, 7) is 0.913. The summed E-state index contributed by atoms with van der Waals surface area (Å²) < 4.78 is 0. The van der Waals surface area contributed by atoms with E-state index in [1.165, 1.54) is 4.90 Å². The summed E-state index contributed by atoms with van der Waals surface area (Å²) in [6, 6.07) is -1.07. The van der Waals surface area contributed by atoms with Gasteiger partial charge in [-0.1, -0.05) is 0 Å². The van der Waals surface area contributed by atoms with Crippen LogP contribution in [0.15, 0.2) is 4.99 Å². The van der Waals surface area contributed by atoms with Gasteiger partial charge < -0.3 is 16.2 Å². The molecule has 0 aliphatic carbocycles. The van der Waals surface area contributed by atoms with Crippen LogP contribution in [-0.2, 0) is 9.59 Å². The zero-order valence-corrected chi connectivity index (χ0v) is 7.30. The molecular formula is C7H10N4O3. The monoisotopic (exact) mass is 198 g/mol. The van der Waals surface area contributed by atoms with Gasteiger partial charge in [-0.25, -0.2) is 0 Å². The molecule has 2 unspecified atom stereocenters. The molecule has 0 aromatic carbocycles. The van der Waals surface area contributed by atoms with E-state index in [0.717, 1.165) is 0 Å². The molecule has 0 saturated carbocycles. The van der Waals surface area contributed by atoms with E-state index < -0.39 is 24.0 Å². The van der Waals surface area contributed by atoms with Gasteiger partial charge in [-0.2, -0.15) is 0 Å². The highest BCUT2D eigenvalue weighted by atomic mass is 16.3. The zero-order chi connectivity index (χ0) is 10.3. The first-order chi connectivity index (χ1) is 6.61. The van der Waals surface area contributed by atoms with E-state index in [1.54, 1.807) is 0 Å². The number of carbonyl (C=O) groups excluding carboxylic acids is 2. The Labute approximate surface area is 79.6 Å². The molecule has 1 fully saturated rings. The van der Waals surface area contributed by atoms with Gasteiger partial charge in [0.05, 0.1) is 6.54 Å². The van der Waals surface area contributed by atoms with Crippen LogP contribution < -0.4 is 11.1 Å². The fraction of sp³-hybridized carbons (Fsp3) is 0.571. The lowest BCUT2D eigenvalue weighted by atomic mass is 10.1. The maximum Gasteiger partial charge on any atom is 0.260 e. The second-order valence-electron chi connectivity index (χ2n) is 3.16.